The zero-order valence-corrected chi connectivity index (χ0v) is 11.5. The molecular formula is C16H16FN3. The smallest absolute Gasteiger partial charge is 0.147 e. The van der Waals surface area contributed by atoms with Crippen LogP contribution in [0.3, 0.4) is 0 Å². The second kappa shape index (κ2) is 6.16. The lowest BCUT2D eigenvalue weighted by Crippen LogP contribution is -2.31. The Morgan fingerprint density at radius 3 is 2.65 bits per heavy atom. The SMILES string of the molecule is CC(C)N(Cc1ccccn1)c1ccc(C#N)cc1F. The highest BCUT2D eigenvalue weighted by Crippen LogP contribution is 2.24. The Bertz CT molecular complexity index is 617. The van der Waals surface area contributed by atoms with Crippen LogP contribution in [-0.4, -0.2) is 11.0 Å². The van der Waals surface area contributed by atoms with Gasteiger partial charge in [-0.3, -0.25) is 4.98 Å². The maximum atomic E-state index is 14.1. The first-order valence-corrected chi connectivity index (χ1v) is 6.48. The van der Waals surface area contributed by atoms with Gasteiger partial charge in [0.1, 0.15) is 5.82 Å². The van der Waals surface area contributed by atoms with E-state index in [1.165, 1.54) is 6.07 Å². The molecule has 4 heteroatoms. The van der Waals surface area contributed by atoms with Crippen LogP contribution in [0.4, 0.5) is 10.1 Å². The van der Waals surface area contributed by atoms with E-state index in [1.54, 1.807) is 18.3 Å². The van der Waals surface area contributed by atoms with Crippen molar-refractivity contribution in [2.45, 2.75) is 26.4 Å². The monoisotopic (exact) mass is 269 g/mol. The lowest BCUT2D eigenvalue weighted by Gasteiger charge is -2.29. The van der Waals surface area contributed by atoms with Gasteiger partial charge in [-0.1, -0.05) is 6.07 Å². The molecule has 0 aliphatic carbocycles. The normalized spacial score (nSPS) is 10.3. The molecule has 2 aromatic rings. The van der Waals surface area contributed by atoms with Crippen LogP contribution < -0.4 is 4.90 Å². The number of rotatable bonds is 4. The molecule has 0 atom stereocenters. The summed E-state index contributed by atoms with van der Waals surface area (Å²) < 4.78 is 14.1. The topological polar surface area (TPSA) is 39.9 Å². The van der Waals surface area contributed by atoms with Crippen LogP contribution in [0, 0.1) is 17.1 Å². The first kappa shape index (κ1) is 14.0. The second-order valence-electron chi connectivity index (χ2n) is 4.82. The molecule has 1 heterocycles. The average molecular weight is 269 g/mol. The number of hydrogen-bond donors (Lipinski definition) is 0. The Hall–Kier alpha value is -2.41. The van der Waals surface area contributed by atoms with Gasteiger partial charge in [0.15, 0.2) is 0 Å². The van der Waals surface area contributed by atoms with Crippen LogP contribution in [0.25, 0.3) is 0 Å². The fraction of sp³-hybridized carbons (Fsp3) is 0.250. The minimum atomic E-state index is -0.381. The van der Waals surface area contributed by atoms with Crippen molar-refractivity contribution < 1.29 is 4.39 Å². The number of pyridine rings is 1. The van der Waals surface area contributed by atoms with Gasteiger partial charge in [0.25, 0.3) is 0 Å². The summed E-state index contributed by atoms with van der Waals surface area (Å²) in [6.45, 7) is 4.53. The summed E-state index contributed by atoms with van der Waals surface area (Å²) in [5.74, 6) is -0.381. The maximum absolute atomic E-state index is 14.1. The third kappa shape index (κ3) is 3.12. The molecule has 1 aromatic heterocycles. The number of halogens is 1. The zero-order chi connectivity index (χ0) is 14.5. The summed E-state index contributed by atoms with van der Waals surface area (Å²) in [5.41, 5.74) is 1.70. The van der Waals surface area contributed by atoms with Crippen molar-refractivity contribution in [3.05, 3.63) is 59.7 Å². The molecular weight excluding hydrogens is 253 g/mol. The average Bonchev–Trinajstić information content (AvgIpc) is 2.46. The molecule has 0 spiro atoms. The van der Waals surface area contributed by atoms with Crippen LogP contribution in [0.2, 0.25) is 0 Å². The van der Waals surface area contributed by atoms with Crippen molar-refractivity contribution >= 4 is 5.69 Å². The second-order valence-corrected chi connectivity index (χ2v) is 4.82. The molecule has 102 valence electrons. The number of nitrogens with zero attached hydrogens (tertiary/aromatic N) is 3. The van der Waals surface area contributed by atoms with Crippen molar-refractivity contribution in [2.75, 3.05) is 4.90 Å². The highest BCUT2D eigenvalue weighted by atomic mass is 19.1. The number of nitriles is 1. The summed E-state index contributed by atoms with van der Waals surface area (Å²) >= 11 is 0. The molecule has 0 bridgehead atoms. The van der Waals surface area contributed by atoms with Crippen LogP contribution in [0.15, 0.2) is 42.6 Å². The molecule has 0 saturated carbocycles. The molecule has 0 unspecified atom stereocenters. The number of hydrogen-bond acceptors (Lipinski definition) is 3. The molecule has 2 rings (SSSR count). The number of anilines is 1. The summed E-state index contributed by atoms with van der Waals surface area (Å²) in [5, 5.41) is 8.80. The standard InChI is InChI=1S/C16H16FN3/c1-12(2)20(11-14-5-3-4-8-19-14)16-7-6-13(10-18)9-15(16)17/h3-9,12H,11H2,1-2H3. The maximum Gasteiger partial charge on any atom is 0.147 e. The quantitative estimate of drug-likeness (QED) is 0.852. The Labute approximate surface area is 118 Å². The molecule has 0 amide bonds. The summed E-state index contributed by atoms with van der Waals surface area (Å²) in [4.78, 5) is 6.20. The van der Waals surface area contributed by atoms with E-state index in [1.807, 2.05) is 43.0 Å². The molecule has 20 heavy (non-hydrogen) atoms. The predicted molar refractivity (Wildman–Crippen MR) is 76.7 cm³/mol. The fourth-order valence-corrected chi connectivity index (χ4v) is 2.02. The van der Waals surface area contributed by atoms with E-state index in [2.05, 4.69) is 4.98 Å². The van der Waals surface area contributed by atoms with Crippen molar-refractivity contribution in [2.24, 2.45) is 0 Å². The third-order valence-corrected chi connectivity index (χ3v) is 3.07. The van der Waals surface area contributed by atoms with Gasteiger partial charge in [0.2, 0.25) is 0 Å². The van der Waals surface area contributed by atoms with Gasteiger partial charge in [-0.2, -0.15) is 5.26 Å². The Morgan fingerprint density at radius 1 is 1.30 bits per heavy atom. The molecule has 0 fully saturated rings. The van der Waals surface area contributed by atoms with E-state index in [4.69, 9.17) is 5.26 Å². The molecule has 0 radical (unpaired) electrons. The van der Waals surface area contributed by atoms with Crippen molar-refractivity contribution in [3.8, 4) is 6.07 Å². The predicted octanol–water partition coefficient (Wildman–Crippen LogP) is 3.51. The largest absolute Gasteiger partial charge is 0.361 e. The summed E-state index contributed by atoms with van der Waals surface area (Å²) in [6.07, 6.45) is 1.73. The zero-order valence-electron chi connectivity index (χ0n) is 11.5. The number of benzene rings is 1. The van der Waals surface area contributed by atoms with E-state index >= 15 is 0 Å². The molecule has 0 aliphatic heterocycles. The van der Waals surface area contributed by atoms with Gasteiger partial charge in [-0.25, -0.2) is 4.39 Å². The van der Waals surface area contributed by atoms with Crippen molar-refractivity contribution in [1.82, 2.24) is 4.98 Å². The van der Waals surface area contributed by atoms with Crippen LogP contribution in [0.5, 0.6) is 0 Å². The lowest BCUT2D eigenvalue weighted by atomic mass is 10.1. The Morgan fingerprint density at radius 2 is 2.10 bits per heavy atom. The molecule has 3 nitrogen and oxygen atoms in total. The molecule has 0 aliphatic rings. The number of aromatic nitrogens is 1. The molecule has 0 N–H and O–H groups in total. The Kier molecular flexibility index (Phi) is 4.31. The van der Waals surface area contributed by atoms with E-state index in [9.17, 15) is 4.39 Å². The summed E-state index contributed by atoms with van der Waals surface area (Å²) in [6, 6.07) is 12.3. The van der Waals surface area contributed by atoms with E-state index < -0.39 is 0 Å². The fourth-order valence-electron chi connectivity index (χ4n) is 2.02. The highest BCUT2D eigenvalue weighted by molar-refractivity contribution is 5.52. The third-order valence-electron chi connectivity index (χ3n) is 3.07. The summed E-state index contributed by atoms with van der Waals surface area (Å²) in [7, 11) is 0. The van der Waals surface area contributed by atoms with E-state index in [-0.39, 0.29) is 11.9 Å². The Balaban J connectivity index is 2.32. The van der Waals surface area contributed by atoms with Gasteiger partial charge in [0, 0.05) is 12.2 Å². The first-order valence-electron chi connectivity index (χ1n) is 6.48. The minimum absolute atomic E-state index is 0.124. The van der Waals surface area contributed by atoms with E-state index in [0.717, 1.165) is 5.69 Å². The molecule has 0 saturated heterocycles. The van der Waals surface area contributed by atoms with Crippen LogP contribution in [-0.2, 0) is 6.54 Å². The minimum Gasteiger partial charge on any atom is -0.361 e. The van der Waals surface area contributed by atoms with Crippen LogP contribution >= 0.6 is 0 Å². The van der Waals surface area contributed by atoms with Gasteiger partial charge in [-0.05, 0) is 44.2 Å². The van der Waals surface area contributed by atoms with Gasteiger partial charge < -0.3 is 4.90 Å². The highest BCUT2D eigenvalue weighted by Gasteiger charge is 2.16. The van der Waals surface area contributed by atoms with Gasteiger partial charge in [-0.15, -0.1) is 0 Å². The molecule has 1 aromatic carbocycles. The van der Waals surface area contributed by atoms with Gasteiger partial charge in [0.05, 0.1) is 29.6 Å². The first-order chi connectivity index (χ1) is 9.61. The lowest BCUT2D eigenvalue weighted by molar-refractivity contribution is 0.596. The van der Waals surface area contributed by atoms with Crippen LogP contribution in [0.1, 0.15) is 25.1 Å². The van der Waals surface area contributed by atoms with Gasteiger partial charge >= 0.3 is 0 Å². The van der Waals surface area contributed by atoms with Crippen molar-refractivity contribution in [1.29, 1.82) is 5.26 Å². The van der Waals surface area contributed by atoms with Crippen molar-refractivity contribution in [3.63, 3.8) is 0 Å². The van der Waals surface area contributed by atoms with E-state index in [0.29, 0.717) is 17.8 Å².